The van der Waals surface area contributed by atoms with Crippen LogP contribution in [0.1, 0.15) is 24.1 Å². The number of sulfonamides is 1. The summed E-state index contributed by atoms with van der Waals surface area (Å²) in [4.78, 5) is 0. The highest BCUT2D eigenvalue weighted by molar-refractivity contribution is 7.89. The van der Waals surface area contributed by atoms with E-state index in [4.69, 9.17) is 4.74 Å². The van der Waals surface area contributed by atoms with E-state index in [1.165, 1.54) is 7.11 Å². The molecule has 0 radical (unpaired) electrons. The molecule has 0 atom stereocenters. The van der Waals surface area contributed by atoms with Crippen molar-refractivity contribution >= 4 is 10.0 Å². The normalized spacial score (nSPS) is 15.9. The molecule has 1 aromatic rings. The minimum Gasteiger partial charge on any atom is -0.383 e. The molecule has 108 valence electrons. The van der Waals surface area contributed by atoms with E-state index in [0.29, 0.717) is 24.8 Å². The second-order valence-electron chi connectivity index (χ2n) is 4.68. The highest BCUT2D eigenvalue weighted by Crippen LogP contribution is 2.21. The van der Waals surface area contributed by atoms with E-state index in [2.05, 4.69) is 20.2 Å². The summed E-state index contributed by atoms with van der Waals surface area (Å²) < 4.78 is 31.5. The quantitative estimate of drug-likeness (QED) is 0.580. The third-order valence-electron chi connectivity index (χ3n) is 3.03. The Morgan fingerprint density at radius 1 is 1.47 bits per heavy atom. The molecule has 1 aliphatic carbocycles. The summed E-state index contributed by atoms with van der Waals surface area (Å²) >= 11 is 0. The van der Waals surface area contributed by atoms with Crippen LogP contribution in [0.25, 0.3) is 0 Å². The van der Waals surface area contributed by atoms with Gasteiger partial charge in [0.1, 0.15) is 0 Å². The van der Waals surface area contributed by atoms with Gasteiger partial charge in [0.25, 0.3) is 10.0 Å². The van der Waals surface area contributed by atoms with Gasteiger partial charge in [0, 0.05) is 37.5 Å². The van der Waals surface area contributed by atoms with Crippen molar-refractivity contribution in [3.63, 3.8) is 0 Å². The van der Waals surface area contributed by atoms with Crippen molar-refractivity contribution in [1.82, 2.24) is 20.2 Å². The molecule has 2 rings (SSSR count). The summed E-state index contributed by atoms with van der Waals surface area (Å²) in [6, 6.07) is 0.520. The van der Waals surface area contributed by atoms with Gasteiger partial charge >= 0.3 is 0 Å². The van der Waals surface area contributed by atoms with Gasteiger partial charge in [0.2, 0.25) is 0 Å². The lowest BCUT2D eigenvalue weighted by Gasteiger charge is -2.07. The summed E-state index contributed by atoms with van der Waals surface area (Å²) in [5.41, 5.74) is 1.48. The zero-order valence-corrected chi connectivity index (χ0v) is 12.0. The minimum absolute atomic E-state index is 0.0780. The summed E-state index contributed by atoms with van der Waals surface area (Å²) in [7, 11) is -2.06. The fourth-order valence-corrected chi connectivity index (χ4v) is 2.95. The first-order valence-corrected chi connectivity index (χ1v) is 7.78. The summed E-state index contributed by atoms with van der Waals surface area (Å²) in [6.07, 6.45) is 2.32. The molecule has 0 aliphatic heterocycles. The monoisotopic (exact) mass is 288 g/mol. The molecule has 1 heterocycles. The summed E-state index contributed by atoms with van der Waals surface area (Å²) in [5.74, 6) is 0. The van der Waals surface area contributed by atoms with Gasteiger partial charge in [-0.1, -0.05) is 0 Å². The van der Waals surface area contributed by atoms with Crippen molar-refractivity contribution in [2.24, 2.45) is 0 Å². The molecule has 1 aromatic heterocycles. The van der Waals surface area contributed by atoms with Crippen LogP contribution >= 0.6 is 0 Å². The maximum atomic E-state index is 12.1. The van der Waals surface area contributed by atoms with Crippen molar-refractivity contribution in [3.8, 4) is 0 Å². The molecule has 8 heteroatoms. The molecule has 1 aliphatic rings. The topological polar surface area (TPSA) is 96.1 Å². The van der Waals surface area contributed by atoms with Crippen LogP contribution in [0.3, 0.4) is 0 Å². The Kier molecular flexibility index (Phi) is 4.56. The van der Waals surface area contributed by atoms with E-state index in [1.54, 1.807) is 0 Å². The molecule has 19 heavy (non-hydrogen) atoms. The van der Waals surface area contributed by atoms with Gasteiger partial charge in [-0.15, -0.1) is 0 Å². The Bertz CT molecular complexity index is 522. The number of rotatable bonds is 8. The maximum Gasteiger partial charge on any atom is 0.260 e. The first kappa shape index (κ1) is 14.4. The van der Waals surface area contributed by atoms with Gasteiger partial charge in [0.05, 0.1) is 6.61 Å². The number of hydrogen-bond acceptors (Lipinski definition) is 5. The van der Waals surface area contributed by atoms with E-state index in [0.717, 1.165) is 18.5 Å². The van der Waals surface area contributed by atoms with Crippen LogP contribution in [0.4, 0.5) is 0 Å². The van der Waals surface area contributed by atoms with Gasteiger partial charge in [-0.05, 0) is 19.8 Å². The van der Waals surface area contributed by atoms with Crippen LogP contribution in [0.2, 0.25) is 0 Å². The second-order valence-corrected chi connectivity index (χ2v) is 6.36. The molecule has 0 aromatic carbocycles. The number of ether oxygens (including phenoxy) is 1. The number of methoxy groups -OCH3 is 1. The number of nitrogens with one attached hydrogen (secondary N) is 3. The number of hydrogen-bond donors (Lipinski definition) is 3. The van der Waals surface area contributed by atoms with E-state index >= 15 is 0 Å². The molecule has 1 fully saturated rings. The average Bonchev–Trinajstić information content (AvgIpc) is 3.10. The average molecular weight is 288 g/mol. The van der Waals surface area contributed by atoms with Crippen molar-refractivity contribution < 1.29 is 13.2 Å². The molecule has 1 saturated carbocycles. The Balaban J connectivity index is 2.08. The molecule has 0 bridgehead atoms. The molecule has 7 nitrogen and oxygen atoms in total. The van der Waals surface area contributed by atoms with E-state index in [-0.39, 0.29) is 11.6 Å². The van der Waals surface area contributed by atoms with E-state index < -0.39 is 10.0 Å². The van der Waals surface area contributed by atoms with Crippen molar-refractivity contribution in [2.75, 3.05) is 20.3 Å². The Morgan fingerprint density at radius 2 is 2.21 bits per heavy atom. The van der Waals surface area contributed by atoms with E-state index in [1.807, 2.05) is 6.92 Å². The minimum atomic E-state index is -3.58. The fourth-order valence-electron chi connectivity index (χ4n) is 1.74. The third-order valence-corrected chi connectivity index (χ3v) is 4.46. The number of H-pyrrole nitrogens is 1. The molecule has 0 spiro atoms. The standard InChI is InChI=1S/C11H20N4O3S/c1-8-10(7-12-9-3-4-9)11(15-14-8)19(16,17)13-5-6-18-2/h9,12-13H,3-7H2,1-2H3,(H,14,15). The Labute approximate surface area is 113 Å². The molecule has 0 saturated heterocycles. The molecule has 3 N–H and O–H groups in total. The van der Waals surface area contributed by atoms with Crippen molar-refractivity contribution in [2.45, 2.75) is 37.4 Å². The van der Waals surface area contributed by atoms with Gasteiger partial charge < -0.3 is 10.1 Å². The predicted octanol–water partition coefficient (Wildman–Crippen LogP) is -0.105. The lowest BCUT2D eigenvalue weighted by atomic mass is 10.2. The number of nitrogens with zero attached hydrogens (tertiary/aromatic N) is 1. The lowest BCUT2D eigenvalue weighted by Crippen LogP contribution is -2.29. The van der Waals surface area contributed by atoms with Crippen LogP contribution in [-0.2, 0) is 21.3 Å². The molecular weight excluding hydrogens is 268 g/mol. The summed E-state index contributed by atoms with van der Waals surface area (Å²) in [6.45, 7) is 2.91. The van der Waals surface area contributed by atoms with Crippen LogP contribution in [0.5, 0.6) is 0 Å². The van der Waals surface area contributed by atoms with Crippen LogP contribution in [0.15, 0.2) is 5.03 Å². The predicted molar refractivity (Wildman–Crippen MR) is 70.3 cm³/mol. The smallest absolute Gasteiger partial charge is 0.260 e. The van der Waals surface area contributed by atoms with Crippen LogP contribution in [0, 0.1) is 6.92 Å². The largest absolute Gasteiger partial charge is 0.383 e. The fraction of sp³-hybridized carbons (Fsp3) is 0.727. The zero-order chi connectivity index (χ0) is 13.9. The first-order valence-electron chi connectivity index (χ1n) is 6.30. The van der Waals surface area contributed by atoms with Gasteiger partial charge in [-0.3, -0.25) is 5.10 Å². The highest BCUT2D eigenvalue weighted by Gasteiger charge is 2.26. The SMILES string of the molecule is COCCNS(=O)(=O)c1n[nH]c(C)c1CNC1CC1. The molecule has 0 amide bonds. The van der Waals surface area contributed by atoms with E-state index in [9.17, 15) is 8.42 Å². The van der Waals surface area contributed by atoms with Crippen LogP contribution < -0.4 is 10.0 Å². The highest BCUT2D eigenvalue weighted by atomic mass is 32.2. The third kappa shape index (κ3) is 3.75. The molecule has 0 unspecified atom stereocenters. The van der Waals surface area contributed by atoms with Crippen molar-refractivity contribution in [1.29, 1.82) is 0 Å². The maximum absolute atomic E-state index is 12.1. The molecular formula is C11H20N4O3S. The first-order chi connectivity index (χ1) is 9.04. The van der Waals surface area contributed by atoms with Gasteiger partial charge in [-0.25, -0.2) is 13.1 Å². The lowest BCUT2D eigenvalue weighted by molar-refractivity contribution is 0.204. The Morgan fingerprint density at radius 3 is 2.84 bits per heavy atom. The van der Waals surface area contributed by atoms with Gasteiger partial charge in [-0.2, -0.15) is 5.10 Å². The number of aryl methyl sites for hydroxylation is 1. The van der Waals surface area contributed by atoms with Gasteiger partial charge in [0.15, 0.2) is 5.03 Å². The number of aromatic nitrogens is 2. The zero-order valence-electron chi connectivity index (χ0n) is 11.2. The summed E-state index contributed by atoms with van der Waals surface area (Å²) in [5, 5.41) is 10.0. The van der Waals surface area contributed by atoms with Crippen LogP contribution in [-0.4, -0.2) is 44.9 Å². The second kappa shape index (κ2) is 6.00. The Hall–Kier alpha value is -0.960. The number of aromatic amines is 1. The van der Waals surface area contributed by atoms with Crippen molar-refractivity contribution in [3.05, 3.63) is 11.3 Å².